The van der Waals surface area contributed by atoms with Crippen LogP contribution < -0.4 is 5.56 Å². The van der Waals surface area contributed by atoms with Crippen LogP contribution in [0.3, 0.4) is 0 Å². The largest absolute Gasteiger partial charge is 0.322 e. The lowest BCUT2D eigenvalue weighted by Crippen LogP contribution is -2.42. The first-order chi connectivity index (χ1) is 14.3. The van der Waals surface area contributed by atoms with Crippen molar-refractivity contribution < 1.29 is 12.8 Å². The number of nitrogens with one attached hydrogen (secondary N) is 1. The van der Waals surface area contributed by atoms with Gasteiger partial charge in [0.2, 0.25) is 10.0 Å². The van der Waals surface area contributed by atoms with E-state index in [0.29, 0.717) is 37.2 Å². The summed E-state index contributed by atoms with van der Waals surface area (Å²) >= 11 is 0. The maximum atomic E-state index is 13.4. The molecule has 7 heteroatoms. The third-order valence-corrected chi connectivity index (χ3v) is 8.18. The SMILES string of the molecule is CC(C)S(=O)(=O)N1CCC(c2ccc(-c3ccc4cc(F)ccc4c3)[nH]c2=O)CC1. The minimum absolute atomic E-state index is 0.0426. The second kappa shape index (κ2) is 7.96. The van der Waals surface area contributed by atoms with Crippen LogP contribution in [0.15, 0.2) is 53.3 Å². The molecule has 3 aromatic rings. The summed E-state index contributed by atoms with van der Waals surface area (Å²) in [4.78, 5) is 15.7. The molecule has 30 heavy (non-hydrogen) atoms. The summed E-state index contributed by atoms with van der Waals surface area (Å²) < 4.78 is 39.6. The predicted molar refractivity (Wildman–Crippen MR) is 118 cm³/mol. The summed E-state index contributed by atoms with van der Waals surface area (Å²) in [6, 6.07) is 14.0. The standard InChI is InChI=1S/C23H25FN2O3S/c1-15(2)30(28,29)26-11-9-16(10-12-26)21-7-8-22(25-23(21)27)19-4-3-18-14-20(24)6-5-17(18)13-19/h3-8,13-16H,9-12H2,1-2H3,(H,25,27). The molecule has 1 saturated heterocycles. The molecule has 0 atom stereocenters. The molecule has 0 aliphatic carbocycles. The van der Waals surface area contributed by atoms with E-state index in [1.165, 1.54) is 16.4 Å². The summed E-state index contributed by atoms with van der Waals surface area (Å²) in [6.45, 7) is 4.25. The van der Waals surface area contributed by atoms with Crippen LogP contribution in [0.1, 0.15) is 38.2 Å². The van der Waals surface area contributed by atoms with Crippen molar-refractivity contribution in [3.05, 3.63) is 70.3 Å². The zero-order chi connectivity index (χ0) is 21.5. The number of rotatable bonds is 4. The van der Waals surface area contributed by atoms with Crippen LogP contribution in [0.4, 0.5) is 4.39 Å². The Morgan fingerprint density at radius 2 is 1.67 bits per heavy atom. The second-order valence-electron chi connectivity index (χ2n) is 8.13. The Kier molecular flexibility index (Phi) is 5.51. The maximum Gasteiger partial charge on any atom is 0.251 e. The number of sulfonamides is 1. The van der Waals surface area contributed by atoms with Gasteiger partial charge in [0.05, 0.1) is 5.25 Å². The van der Waals surface area contributed by atoms with Crippen molar-refractivity contribution in [2.45, 2.75) is 37.9 Å². The van der Waals surface area contributed by atoms with Gasteiger partial charge in [-0.2, -0.15) is 0 Å². The first-order valence-corrected chi connectivity index (χ1v) is 11.7. The fourth-order valence-corrected chi connectivity index (χ4v) is 5.39. The van der Waals surface area contributed by atoms with E-state index in [2.05, 4.69) is 4.98 Å². The van der Waals surface area contributed by atoms with Gasteiger partial charge in [0.15, 0.2) is 0 Å². The smallest absolute Gasteiger partial charge is 0.251 e. The summed E-state index contributed by atoms with van der Waals surface area (Å²) in [5.41, 5.74) is 2.12. The van der Waals surface area contributed by atoms with E-state index in [0.717, 1.165) is 16.3 Å². The number of fused-ring (bicyclic) bond motifs is 1. The van der Waals surface area contributed by atoms with Gasteiger partial charge < -0.3 is 4.98 Å². The highest BCUT2D eigenvalue weighted by molar-refractivity contribution is 7.89. The Balaban J connectivity index is 1.55. The number of nitrogens with zero attached hydrogens (tertiary/aromatic N) is 1. The van der Waals surface area contributed by atoms with E-state index in [4.69, 9.17) is 0 Å². The van der Waals surface area contributed by atoms with E-state index in [1.54, 1.807) is 19.9 Å². The lowest BCUT2D eigenvalue weighted by molar-refractivity contribution is 0.316. The number of aromatic nitrogens is 1. The van der Waals surface area contributed by atoms with Crippen molar-refractivity contribution in [2.75, 3.05) is 13.1 Å². The molecule has 1 fully saturated rings. The van der Waals surface area contributed by atoms with Gasteiger partial charge in [-0.15, -0.1) is 0 Å². The molecule has 5 nitrogen and oxygen atoms in total. The maximum absolute atomic E-state index is 13.4. The van der Waals surface area contributed by atoms with Crippen LogP contribution in [0, 0.1) is 5.82 Å². The van der Waals surface area contributed by atoms with Crippen molar-refractivity contribution in [1.82, 2.24) is 9.29 Å². The molecular weight excluding hydrogens is 403 g/mol. The van der Waals surface area contributed by atoms with E-state index < -0.39 is 15.3 Å². The van der Waals surface area contributed by atoms with Gasteiger partial charge in [-0.1, -0.05) is 24.3 Å². The van der Waals surface area contributed by atoms with Crippen LogP contribution in [0.5, 0.6) is 0 Å². The minimum Gasteiger partial charge on any atom is -0.322 e. The highest BCUT2D eigenvalue weighted by Crippen LogP contribution is 2.29. The van der Waals surface area contributed by atoms with Crippen molar-refractivity contribution in [3.8, 4) is 11.3 Å². The first kappa shape index (κ1) is 20.8. The molecule has 0 saturated carbocycles. The van der Waals surface area contributed by atoms with Crippen molar-refractivity contribution >= 4 is 20.8 Å². The van der Waals surface area contributed by atoms with Crippen LogP contribution in [0.2, 0.25) is 0 Å². The number of aromatic amines is 1. The van der Waals surface area contributed by atoms with E-state index in [9.17, 15) is 17.6 Å². The van der Waals surface area contributed by atoms with Crippen molar-refractivity contribution in [1.29, 1.82) is 0 Å². The number of halogens is 1. The van der Waals surface area contributed by atoms with Gasteiger partial charge in [0.25, 0.3) is 5.56 Å². The van der Waals surface area contributed by atoms with Crippen LogP contribution in [0.25, 0.3) is 22.0 Å². The quantitative estimate of drug-likeness (QED) is 0.675. The molecule has 2 aromatic carbocycles. The molecule has 1 aromatic heterocycles. The van der Waals surface area contributed by atoms with Crippen LogP contribution in [-0.4, -0.2) is 36.0 Å². The van der Waals surface area contributed by atoms with Crippen molar-refractivity contribution in [2.24, 2.45) is 0 Å². The first-order valence-electron chi connectivity index (χ1n) is 10.2. The Labute approximate surface area is 175 Å². The van der Waals surface area contributed by atoms with E-state index >= 15 is 0 Å². The van der Waals surface area contributed by atoms with Gasteiger partial charge in [0.1, 0.15) is 5.82 Å². The van der Waals surface area contributed by atoms with Gasteiger partial charge in [-0.25, -0.2) is 17.1 Å². The molecular formula is C23H25FN2O3S. The van der Waals surface area contributed by atoms with Crippen molar-refractivity contribution in [3.63, 3.8) is 0 Å². The van der Waals surface area contributed by atoms with E-state index in [1.807, 2.05) is 30.3 Å². The molecule has 0 spiro atoms. The topological polar surface area (TPSA) is 70.2 Å². The molecule has 1 aliphatic rings. The lowest BCUT2D eigenvalue weighted by atomic mass is 9.91. The fourth-order valence-electron chi connectivity index (χ4n) is 4.08. The number of hydrogen-bond donors (Lipinski definition) is 1. The zero-order valence-electron chi connectivity index (χ0n) is 17.1. The third kappa shape index (κ3) is 3.91. The highest BCUT2D eigenvalue weighted by Gasteiger charge is 2.31. The molecule has 0 unspecified atom stereocenters. The number of benzene rings is 2. The Morgan fingerprint density at radius 1 is 1.00 bits per heavy atom. The van der Waals surface area contributed by atoms with Crippen LogP contribution >= 0.6 is 0 Å². The number of piperidine rings is 1. The number of pyridine rings is 1. The number of hydrogen-bond acceptors (Lipinski definition) is 3. The average molecular weight is 429 g/mol. The van der Waals surface area contributed by atoms with Gasteiger partial charge in [0, 0.05) is 24.3 Å². The molecule has 4 rings (SSSR count). The highest BCUT2D eigenvalue weighted by atomic mass is 32.2. The normalized spacial score (nSPS) is 16.4. The number of H-pyrrole nitrogens is 1. The predicted octanol–water partition coefficient (Wildman–Crippen LogP) is 4.25. The van der Waals surface area contributed by atoms with Crippen LogP contribution in [-0.2, 0) is 10.0 Å². The Morgan fingerprint density at radius 3 is 2.33 bits per heavy atom. The Bertz CT molecular complexity index is 1240. The molecule has 0 bridgehead atoms. The summed E-state index contributed by atoms with van der Waals surface area (Å²) in [7, 11) is -3.26. The summed E-state index contributed by atoms with van der Waals surface area (Å²) in [5.74, 6) is -0.235. The summed E-state index contributed by atoms with van der Waals surface area (Å²) in [5, 5.41) is 1.27. The molecule has 2 heterocycles. The van der Waals surface area contributed by atoms with Gasteiger partial charge in [-0.05, 0) is 73.2 Å². The lowest BCUT2D eigenvalue weighted by Gasteiger charge is -2.32. The minimum atomic E-state index is -3.26. The van der Waals surface area contributed by atoms with Gasteiger partial charge in [-0.3, -0.25) is 4.79 Å². The fraction of sp³-hybridized carbons (Fsp3) is 0.348. The molecule has 1 N–H and O–H groups in total. The molecule has 158 valence electrons. The third-order valence-electron chi connectivity index (χ3n) is 5.90. The van der Waals surface area contributed by atoms with Gasteiger partial charge >= 0.3 is 0 Å². The molecule has 0 amide bonds. The molecule has 1 aliphatic heterocycles. The zero-order valence-corrected chi connectivity index (χ0v) is 17.9. The average Bonchev–Trinajstić information content (AvgIpc) is 2.73. The Hall–Kier alpha value is -2.51. The summed E-state index contributed by atoms with van der Waals surface area (Å²) in [6.07, 6.45) is 1.27. The molecule has 0 radical (unpaired) electrons. The second-order valence-corrected chi connectivity index (χ2v) is 10.6. The monoisotopic (exact) mass is 428 g/mol. The van der Waals surface area contributed by atoms with E-state index in [-0.39, 0.29) is 17.3 Å².